The average Bonchev–Trinajstić information content (AvgIpc) is 2.41. The van der Waals surface area contributed by atoms with Crippen LogP contribution in [0.2, 0.25) is 0 Å². The summed E-state index contributed by atoms with van der Waals surface area (Å²) < 4.78 is 68.4. The third kappa shape index (κ3) is 9.39. The maximum absolute atomic E-state index is 12.4. The molecule has 0 radical (unpaired) electrons. The Hall–Kier alpha value is -2.24. The van der Waals surface area contributed by atoms with Gasteiger partial charge in [-0.1, -0.05) is 0 Å². The predicted octanol–water partition coefficient (Wildman–Crippen LogP) is 1.84. The first kappa shape index (κ1) is 20.8. The smallest absolute Gasteiger partial charge is 0.327 e. The van der Waals surface area contributed by atoms with Crippen LogP contribution in [0.25, 0.3) is 0 Å². The molecule has 0 bridgehead atoms. The lowest BCUT2D eigenvalue weighted by Gasteiger charge is -1.92. The molecule has 0 aromatic carbocycles. The summed E-state index contributed by atoms with van der Waals surface area (Å²) in [7, 11) is -4.67. The van der Waals surface area contributed by atoms with Crippen molar-refractivity contribution in [2.45, 2.75) is 13.8 Å². The van der Waals surface area contributed by atoms with Gasteiger partial charge in [0.15, 0.2) is 11.6 Å². The highest BCUT2D eigenvalue weighted by Crippen LogP contribution is 2.05. The van der Waals surface area contributed by atoms with E-state index >= 15 is 0 Å². The molecule has 0 aliphatic heterocycles. The zero-order chi connectivity index (χ0) is 18.2. The van der Waals surface area contributed by atoms with E-state index in [0.29, 0.717) is 5.56 Å². The van der Waals surface area contributed by atoms with E-state index in [1.165, 1.54) is 31.5 Å². The maximum Gasteiger partial charge on any atom is 0.394 e. The Labute approximate surface area is 129 Å². The van der Waals surface area contributed by atoms with Gasteiger partial charge in [0.25, 0.3) is 5.56 Å². The van der Waals surface area contributed by atoms with Crippen molar-refractivity contribution >= 4 is 10.4 Å². The maximum atomic E-state index is 12.4. The number of aromatic amines is 1. The third-order valence-electron chi connectivity index (χ3n) is 2.13. The van der Waals surface area contributed by atoms with Gasteiger partial charge in [0.2, 0.25) is 5.95 Å². The highest BCUT2D eigenvalue weighted by Gasteiger charge is 2.02. The fourth-order valence-electron chi connectivity index (χ4n) is 1.07. The van der Waals surface area contributed by atoms with E-state index in [0.717, 1.165) is 0 Å². The van der Waals surface area contributed by atoms with Crippen molar-refractivity contribution in [2.75, 3.05) is 0 Å². The van der Waals surface area contributed by atoms with Gasteiger partial charge in [-0.05, 0) is 37.1 Å². The van der Waals surface area contributed by atoms with Crippen LogP contribution in [0.3, 0.4) is 0 Å². The Bertz CT molecular complexity index is 780. The molecule has 11 heteroatoms. The van der Waals surface area contributed by atoms with Gasteiger partial charge >= 0.3 is 10.4 Å². The standard InChI is InChI=1S/C6H5F2N.C6H6FNO.H2O4S/c1-4-2-3-9-6(8)5(4)7;1-4-2-3-8-6(9)5(4)7;1-5(2,3)4/h2-3H,1H3;2-3H,1H3,(H,8,9);(H2,1,2,3,4). The number of pyridine rings is 2. The lowest BCUT2D eigenvalue weighted by atomic mass is 10.3. The van der Waals surface area contributed by atoms with E-state index < -0.39 is 33.5 Å². The Morgan fingerprint density at radius 3 is 1.87 bits per heavy atom. The topological polar surface area (TPSA) is 120 Å². The van der Waals surface area contributed by atoms with Crippen LogP contribution in [0, 0.1) is 31.4 Å². The molecule has 0 saturated carbocycles. The first-order valence-electron chi connectivity index (χ1n) is 5.73. The second kappa shape index (κ2) is 9.02. The van der Waals surface area contributed by atoms with E-state index in [-0.39, 0.29) is 5.56 Å². The zero-order valence-electron chi connectivity index (χ0n) is 11.9. The largest absolute Gasteiger partial charge is 0.394 e. The van der Waals surface area contributed by atoms with Crippen molar-refractivity contribution in [2.24, 2.45) is 0 Å². The van der Waals surface area contributed by atoms with Gasteiger partial charge in [-0.3, -0.25) is 13.9 Å². The van der Waals surface area contributed by atoms with Crippen LogP contribution >= 0.6 is 0 Å². The minimum Gasteiger partial charge on any atom is -0.327 e. The van der Waals surface area contributed by atoms with Crippen LogP contribution in [0.4, 0.5) is 13.2 Å². The number of rotatable bonds is 0. The van der Waals surface area contributed by atoms with Crippen molar-refractivity contribution in [1.82, 2.24) is 9.97 Å². The summed E-state index contributed by atoms with van der Waals surface area (Å²) in [4.78, 5) is 15.7. The molecule has 0 unspecified atom stereocenters. The number of nitrogens with one attached hydrogen (secondary N) is 1. The highest BCUT2D eigenvalue weighted by molar-refractivity contribution is 7.79. The Kier molecular flexibility index (Phi) is 8.15. The minimum absolute atomic E-state index is 0.280. The molecule has 2 rings (SSSR count). The molecule has 0 aliphatic carbocycles. The van der Waals surface area contributed by atoms with Gasteiger partial charge in [0.1, 0.15) is 0 Å². The normalized spacial score (nSPS) is 10.0. The average molecular weight is 354 g/mol. The van der Waals surface area contributed by atoms with Crippen LogP contribution in [0.1, 0.15) is 11.1 Å². The summed E-state index contributed by atoms with van der Waals surface area (Å²) in [5, 5.41) is 0. The van der Waals surface area contributed by atoms with Gasteiger partial charge < -0.3 is 4.98 Å². The molecule has 0 aliphatic rings. The van der Waals surface area contributed by atoms with E-state index in [9.17, 15) is 18.0 Å². The fraction of sp³-hybridized carbons (Fsp3) is 0.167. The molecule has 0 saturated heterocycles. The van der Waals surface area contributed by atoms with Gasteiger partial charge in [-0.2, -0.15) is 12.8 Å². The molecule has 0 spiro atoms. The minimum atomic E-state index is -4.67. The number of hydrogen-bond donors (Lipinski definition) is 3. The molecule has 0 amide bonds. The van der Waals surface area contributed by atoms with Gasteiger partial charge in [-0.25, -0.2) is 13.8 Å². The van der Waals surface area contributed by atoms with Gasteiger partial charge in [0.05, 0.1) is 0 Å². The Morgan fingerprint density at radius 2 is 1.52 bits per heavy atom. The first-order chi connectivity index (χ1) is 10.4. The molecule has 2 aromatic rings. The van der Waals surface area contributed by atoms with E-state index in [1.807, 2.05) is 0 Å². The summed E-state index contributed by atoms with van der Waals surface area (Å²) in [5.41, 5.74) is -0.00347. The van der Waals surface area contributed by atoms with Crippen molar-refractivity contribution in [3.8, 4) is 0 Å². The van der Waals surface area contributed by atoms with E-state index in [4.69, 9.17) is 17.5 Å². The molecule has 7 nitrogen and oxygen atoms in total. The quantitative estimate of drug-likeness (QED) is 0.490. The first-order valence-corrected chi connectivity index (χ1v) is 7.13. The molecule has 2 aromatic heterocycles. The molecule has 0 atom stereocenters. The van der Waals surface area contributed by atoms with Crippen LogP contribution < -0.4 is 5.56 Å². The second-order valence-corrected chi connectivity index (χ2v) is 4.88. The van der Waals surface area contributed by atoms with Crippen LogP contribution in [0.5, 0.6) is 0 Å². The molecular weight excluding hydrogens is 341 g/mol. The second-order valence-electron chi connectivity index (χ2n) is 3.98. The number of aromatic nitrogens is 2. The number of H-pyrrole nitrogens is 1. The Morgan fingerprint density at radius 1 is 1.04 bits per heavy atom. The number of aryl methyl sites for hydroxylation is 2. The van der Waals surface area contributed by atoms with Crippen LogP contribution in [-0.2, 0) is 10.4 Å². The van der Waals surface area contributed by atoms with Crippen molar-refractivity contribution in [3.05, 3.63) is 63.6 Å². The predicted molar refractivity (Wildman–Crippen MR) is 74.8 cm³/mol. The summed E-state index contributed by atoms with van der Waals surface area (Å²) >= 11 is 0. The number of nitrogens with zero attached hydrogens (tertiary/aromatic N) is 1. The SMILES string of the molecule is Cc1cc[nH]c(=O)c1F.Cc1ccnc(F)c1F.O=S(=O)(O)O. The highest BCUT2D eigenvalue weighted by atomic mass is 32.3. The molecular formula is C12H13F3N2O5S. The van der Waals surface area contributed by atoms with Crippen LogP contribution in [0.15, 0.2) is 29.3 Å². The third-order valence-corrected chi connectivity index (χ3v) is 2.13. The summed E-state index contributed by atoms with van der Waals surface area (Å²) in [6.45, 7) is 3.03. The number of halogens is 3. The van der Waals surface area contributed by atoms with Crippen LogP contribution in [-0.4, -0.2) is 27.5 Å². The van der Waals surface area contributed by atoms with Gasteiger partial charge in [-0.15, -0.1) is 0 Å². The number of hydrogen-bond acceptors (Lipinski definition) is 4. The van der Waals surface area contributed by atoms with Crippen molar-refractivity contribution < 1.29 is 30.7 Å². The van der Waals surface area contributed by atoms with E-state index in [2.05, 4.69) is 9.97 Å². The molecule has 3 N–H and O–H groups in total. The Balaban J connectivity index is 0.000000332. The summed E-state index contributed by atoms with van der Waals surface area (Å²) in [5.74, 6) is -2.59. The monoisotopic (exact) mass is 354 g/mol. The lowest BCUT2D eigenvalue weighted by Crippen LogP contribution is -2.10. The summed E-state index contributed by atoms with van der Waals surface area (Å²) in [6.07, 6.45) is 2.65. The lowest BCUT2D eigenvalue weighted by molar-refractivity contribution is 0.381. The van der Waals surface area contributed by atoms with Crippen molar-refractivity contribution in [1.29, 1.82) is 0 Å². The molecule has 128 valence electrons. The fourth-order valence-corrected chi connectivity index (χ4v) is 1.07. The molecule has 2 heterocycles. The zero-order valence-corrected chi connectivity index (χ0v) is 12.7. The summed E-state index contributed by atoms with van der Waals surface area (Å²) in [6, 6.07) is 2.93. The van der Waals surface area contributed by atoms with E-state index in [1.54, 1.807) is 6.92 Å². The van der Waals surface area contributed by atoms with Gasteiger partial charge in [0, 0.05) is 12.4 Å². The van der Waals surface area contributed by atoms with Crippen molar-refractivity contribution in [3.63, 3.8) is 0 Å². The molecule has 0 fully saturated rings. The molecule has 23 heavy (non-hydrogen) atoms.